The second-order valence-electron chi connectivity index (χ2n) is 4.79. The number of non-ortho nitro benzene ring substituents is 1. The molecule has 0 aliphatic heterocycles. The van der Waals surface area contributed by atoms with Crippen molar-refractivity contribution in [3.63, 3.8) is 0 Å². The van der Waals surface area contributed by atoms with Crippen LogP contribution in [0.3, 0.4) is 0 Å². The third-order valence-corrected chi connectivity index (χ3v) is 5.97. The van der Waals surface area contributed by atoms with Crippen LogP contribution in [-0.2, 0) is 0 Å². The first-order chi connectivity index (χ1) is 10.1. The molecule has 104 valence electrons. The summed E-state index contributed by atoms with van der Waals surface area (Å²) in [7, 11) is 0. The second-order valence-corrected chi connectivity index (χ2v) is 7.06. The molecule has 0 bridgehead atoms. The number of nitrogens with zero attached hydrogens (tertiary/aromatic N) is 1. The molecule has 21 heavy (non-hydrogen) atoms. The summed E-state index contributed by atoms with van der Waals surface area (Å²) in [6.45, 7) is 2.12. The Morgan fingerprint density at radius 1 is 0.952 bits per heavy atom. The van der Waals surface area contributed by atoms with Gasteiger partial charge in [-0.15, -0.1) is 0 Å². The predicted molar refractivity (Wildman–Crippen MR) is 86.8 cm³/mol. The number of hydrogen-bond donors (Lipinski definition) is 0. The van der Waals surface area contributed by atoms with Crippen molar-refractivity contribution >= 4 is 40.3 Å². The van der Waals surface area contributed by atoms with Gasteiger partial charge in [0.25, 0.3) is 0 Å². The van der Waals surface area contributed by atoms with E-state index >= 15 is 0 Å². The average Bonchev–Trinajstić information content (AvgIpc) is 2.51. The van der Waals surface area contributed by atoms with E-state index in [4.69, 9.17) is 0 Å². The Hall–Kier alpha value is -2.16. The van der Waals surface area contributed by atoms with E-state index in [1.54, 1.807) is 12.1 Å². The molecule has 0 unspecified atom stereocenters. The van der Waals surface area contributed by atoms with E-state index in [1.165, 1.54) is 20.8 Å². The van der Waals surface area contributed by atoms with Gasteiger partial charge in [0.15, 0.2) is 0 Å². The maximum atomic E-state index is 10.7. The summed E-state index contributed by atoms with van der Waals surface area (Å²) in [5.74, 6) is 0. The van der Waals surface area contributed by atoms with Crippen LogP contribution in [0, 0.1) is 17.0 Å². The predicted octanol–water partition coefficient (Wildman–Crippen LogP) is 2.71. The van der Waals surface area contributed by atoms with Gasteiger partial charge < -0.3 is 0 Å². The number of rotatable bonds is 3. The zero-order valence-corrected chi connectivity index (χ0v) is 13.2. The normalized spacial score (nSPS) is 10.7. The van der Waals surface area contributed by atoms with Crippen molar-refractivity contribution < 1.29 is 4.92 Å². The van der Waals surface area contributed by atoms with Crippen LogP contribution in [0.5, 0.6) is 0 Å². The van der Waals surface area contributed by atoms with Crippen molar-refractivity contribution in [2.24, 2.45) is 0 Å². The molecule has 0 spiro atoms. The Bertz CT molecular complexity index is 813. The van der Waals surface area contributed by atoms with Crippen LogP contribution in [0.1, 0.15) is 5.56 Å². The standard InChI is InChI=1S/C17H13NO2Se/c1-12-6-7-13-4-2-3-5-16(13)17(12)21-15-10-8-14(9-11-15)18(19)20/h2-11H,1H3. The van der Waals surface area contributed by atoms with Crippen LogP contribution < -0.4 is 8.92 Å². The quantitative estimate of drug-likeness (QED) is 0.417. The second kappa shape index (κ2) is 5.68. The fourth-order valence-electron chi connectivity index (χ4n) is 2.24. The molecule has 0 heterocycles. The number of nitro groups is 1. The topological polar surface area (TPSA) is 43.1 Å². The molecular formula is C17H13NO2Se. The van der Waals surface area contributed by atoms with Crippen LogP contribution >= 0.6 is 0 Å². The summed E-state index contributed by atoms with van der Waals surface area (Å²) >= 11 is 0.139. The van der Waals surface area contributed by atoms with E-state index in [1.807, 2.05) is 18.2 Å². The minimum atomic E-state index is -0.361. The maximum absolute atomic E-state index is 10.7. The van der Waals surface area contributed by atoms with Crippen molar-refractivity contribution in [2.75, 3.05) is 0 Å². The fourth-order valence-corrected chi connectivity index (χ4v) is 4.41. The molecular weight excluding hydrogens is 329 g/mol. The summed E-state index contributed by atoms with van der Waals surface area (Å²) in [5, 5.41) is 13.2. The van der Waals surface area contributed by atoms with E-state index in [0.717, 1.165) is 4.46 Å². The Labute approximate surface area is 128 Å². The molecule has 0 saturated heterocycles. The summed E-state index contributed by atoms with van der Waals surface area (Å²) in [6, 6.07) is 19.5. The van der Waals surface area contributed by atoms with Gasteiger partial charge in [-0.1, -0.05) is 0 Å². The molecule has 0 fully saturated rings. The first kappa shape index (κ1) is 13.8. The molecule has 0 saturated carbocycles. The van der Waals surface area contributed by atoms with E-state index in [-0.39, 0.29) is 25.6 Å². The molecule has 4 heteroatoms. The van der Waals surface area contributed by atoms with E-state index < -0.39 is 0 Å². The molecule has 0 amide bonds. The molecule has 3 aromatic rings. The van der Waals surface area contributed by atoms with Gasteiger partial charge >= 0.3 is 129 Å². The monoisotopic (exact) mass is 343 g/mol. The van der Waals surface area contributed by atoms with Crippen LogP contribution in [0.2, 0.25) is 0 Å². The molecule has 3 rings (SSSR count). The van der Waals surface area contributed by atoms with Crippen LogP contribution in [0.4, 0.5) is 5.69 Å². The van der Waals surface area contributed by atoms with Crippen molar-refractivity contribution in [3.8, 4) is 0 Å². The van der Waals surface area contributed by atoms with Crippen molar-refractivity contribution in [3.05, 3.63) is 76.3 Å². The fraction of sp³-hybridized carbons (Fsp3) is 0.0588. The Morgan fingerprint density at radius 3 is 2.38 bits per heavy atom. The molecule has 0 aliphatic rings. The van der Waals surface area contributed by atoms with Crippen LogP contribution in [0.15, 0.2) is 60.7 Å². The zero-order chi connectivity index (χ0) is 14.8. The molecule has 3 nitrogen and oxygen atoms in total. The Balaban J connectivity index is 2.01. The summed E-state index contributed by atoms with van der Waals surface area (Å²) in [6.07, 6.45) is 0. The number of nitro benzene ring substituents is 1. The van der Waals surface area contributed by atoms with Crippen molar-refractivity contribution in [1.29, 1.82) is 0 Å². The number of benzene rings is 3. The first-order valence-corrected chi connectivity index (χ1v) is 8.27. The zero-order valence-electron chi connectivity index (χ0n) is 11.4. The summed E-state index contributed by atoms with van der Waals surface area (Å²) < 4.78 is 2.49. The Kier molecular flexibility index (Phi) is 3.74. The molecule has 0 radical (unpaired) electrons. The van der Waals surface area contributed by atoms with Gasteiger partial charge in [0.1, 0.15) is 0 Å². The summed E-state index contributed by atoms with van der Waals surface area (Å²) in [4.78, 5) is 10.3. The Morgan fingerprint density at radius 2 is 1.67 bits per heavy atom. The minimum absolute atomic E-state index is 0.139. The summed E-state index contributed by atoms with van der Waals surface area (Å²) in [5.41, 5.74) is 1.41. The number of aryl methyl sites for hydroxylation is 1. The van der Waals surface area contributed by atoms with Gasteiger partial charge in [-0.05, 0) is 0 Å². The number of hydrogen-bond acceptors (Lipinski definition) is 2. The van der Waals surface area contributed by atoms with Gasteiger partial charge in [-0.3, -0.25) is 0 Å². The first-order valence-electron chi connectivity index (χ1n) is 6.56. The van der Waals surface area contributed by atoms with Gasteiger partial charge in [0.05, 0.1) is 0 Å². The molecule has 0 aromatic heterocycles. The van der Waals surface area contributed by atoms with Gasteiger partial charge in [-0.25, -0.2) is 0 Å². The van der Waals surface area contributed by atoms with E-state index in [9.17, 15) is 10.1 Å². The third kappa shape index (κ3) is 2.82. The van der Waals surface area contributed by atoms with E-state index in [0.29, 0.717) is 0 Å². The average molecular weight is 342 g/mol. The SMILES string of the molecule is Cc1ccc2ccccc2c1[Se]c1ccc([N+](=O)[O-])cc1. The van der Waals surface area contributed by atoms with E-state index in [2.05, 4.69) is 37.3 Å². The van der Waals surface area contributed by atoms with Gasteiger partial charge in [0.2, 0.25) is 0 Å². The molecule has 0 N–H and O–H groups in total. The van der Waals surface area contributed by atoms with Crippen LogP contribution in [-0.4, -0.2) is 19.9 Å². The molecule has 0 atom stereocenters. The van der Waals surface area contributed by atoms with Crippen molar-refractivity contribution in [1.82, 2.24) is 0 Å². The van der Waals surface area contributed by atoms with Crippen molar-refractivity contribution in [2.45, 2.75) is 6.92 Å². The van der Waals surface area contributed by atoms with Gasteiger partial charge in [0, 0.05) is 0 Å². The number of fused-ring (bicyclic) bond motifs is 1. The molecule has 3 aromatic carbocycles. The van der Waals surface area contributed by atoms with Crippen LogP contribution in [0.25, 0.3) is 10.8 Å². The van der Waals surface area contributed by atoms with Gasteiger partial charge in [-0.2, -0.15) is 0 Å². The molecule has 0 aliphatic carbocycles. The third-order valence-electron chi connectivity index (χ3n) is 3.34.